The average Bonchev–Trinajstić information content (AvgIpc) is 3.09. The highest BCUT2D eigenvalue weighted by molar-refractivity contribution is 7.89. The number of hydrogen-bond donors (Lipinski definition) is 3. The molecule has 0 aliphatic carbocycles. The fourth-order valence-corrected chi connectivity index (χ4v) is 2.90. The van der Waals surface area contributed by atoms with Crippen LogP contribution in [0.2, 0.25) is 0 Å². The highest BCUT2D eigenvalue weighted by Crippen LogP contribution is 2.18. The van der Waals surface area contributed by atoms with Crippen molar-refractivity contribution in [2.45, 2.75) is 32.8 Å². The van der Waals surface area contributed by atoms with Crippen LogP contribution in [0.3, 0.4) is 0 Å². The maximum absolute atomic E-state index is 13.4. The Morgan fingerprint density at radius 2 is 2.14 bits per heavy atom. The molecule has 0 aliphatic heterocycles. The third-order valence-electron chi connectivity index (χ3n) is 3.73. The number of halogens is 1. The maximum Gasteiger partial charge on any atom is 0.209 e. The van der Waals surface area contributed by atoms with Crippen molar-refractivity contribution in [1.29, 1.82) is 0 Å². The number of rotatable bonds is 10. The van der Waals surface area contributed by atoms with Gasteiger partial charge >= 0.3 is 0 Å². The Bertz CT molecular complexity index is 916. The lowest BCUT2D eigenvalue weighted by molar-refractivity contribution is 0.111. The molecule has 0 bridgehead atoms. The normalized spacial score (nSPS) is 12.4. The number of benzene rings is 1. The molecule has 4 N–H and O–H groups in total. The van der Waals surface area contributed by atoms with E-state index in [0.29, 0.717) is 42.8 Å². The molecule has 28 heavy (non-hydrogen) atoms. The zero-order chi connectivity index (χ0) is 20.6. The first-order valence-corrected chi connectivity index (χ1v) is 10.2. The van der Waals surface area contributed by atoms with E-state index >= 15 is 0 Å². The number of hydroxylamine groups is 1. The summed E-state index contributed by atoms with van der Waals surface area (Å²) < 4.78 is 45.2. The molecule has 0 unspecified atom stereocenters. The molecule has 2 rings (SSSR count). The first-order chi connectivity index (χ1) is 13.3. The van der Waals surface area contributed by atoms with Gasteiger partial charge in [-0.2, -0.15) is 0 Å². The van der Waals surface area contributed by atoms with Gasteiger partial charge in [0.15, 0.2) is 11.5 Å². The fraction of sp³-hybridized carbons (Fsp3) is 0.438. The van der Waals surface area contributed by atoms with Crippen LogP contribution in [-0.2, 0) is 21.4 Å². The number of aryl methyl sites for hydroxylation is 1. The lowest BCUT2D eigenvalue weighted by Gasteiger charge is -2.05. The number of hydrogen-bond acceptors (Lipinski definition) is 8. The number of aromatic nitrogens is 2. The van der Waals surface area contributed by atoms with E-state index in [4.69, 9.17) is 9.88 Å². The fourth-order valence-electron chi connectivity index (χ4n) is 2.29. The van der Waals surface area contributed by atoms with Gasteiger partial charge in [0.2, 0.25) is 10.0 Å². The quantitative estimate of drug-likeness (QED) is 0.229. The minimum absolute atomic E-state index is 0.0287. The number of primary sulfonamides is 1. The third-order valence-corrected chi connectivity index (χ3v) is 4.58. The first-order valence-electron chi connectivity index (χ1n) is 8.45. The zero-order valence-corrected chi connectivity index (χ0v) is 16.1. The zero-order valence-electron chi connectivity index (χ0n) is 15.3. The molecule has 0 radical (unpaired) electrons. The van der Waals surface area contributed by atoms with E-state index in [2.05, 4.69) is 19.9 Å². The Hall–Kier alpha value is -2.41. The smallest absolute Gasteiger partial charge is 0.209 e. The molecule has 0 saturated heterocycles. The molecule has 0 amide bonds. The van der Waals surface area contributed by atoms with Crippen molar-refractivity contribution in [3.05, 3.63) is 41.0 Å². The summed E-state index contributed by atoms with van der Waals surface area (Å²) in [6, 6.07) is 4.23. The minimum atomic E-state index is -3.44. The molecule has 0 fully saturated rings. The summed E-state index contributed by atoms with van der Waals surface area (Å²) in [6.07, 6.45) is 1.75. The van der Waals surface area contributed by atoms with Gasteiger partial charge in [-0.15, -0.1) is 0 Å². The molecule has 10 nitrogen and oxygen atoms in total. The minimum Gasteiger partial charge on any atom is -0.375 e. The highest BCUT2D eigenvalue weighted by atomic mass is 32.2. The van der Waals surface area contributed by atoms with E-state index in [0.717, 1.165) is 0 Å². The van der Waals surface area contributed by atoms with Gasteiger partial charge in [0.1, 0.15) is 11.5 Å². The maximum atomic E-state index is 13.4. The molecule has 0 atom stereocenters. The molecule has 1 aromatic carbocycles. The molecule has 1 heterocycles. The second-order valence-electron chi connectivity index (χ2n) is 6.05. The Morgan fingerprint density at radius 1 is 1.36 bits per heavy atom. The molecular formula is C16H22FN5O5S. The van der Waals surface area contributed by atoms with Gasteiger partial charge in [-0.1, -0.05) is 11.6 Å². The number of amidine groups is 1. The van der Waals surface area contributed by atoms with Crippen LogP contribution in [-0.4, -0.2) is 42.1 Å². The predicted molar refractivity (Wildman–Crippen MR) is 98.0 cm³/mol. The number of aliphatic imine (C=N–C) groups is 1. The van der Waals surface area contributed by atoms with Gasteiger partial charge in [-0.25, -0.2) is 27.6 Å². The van der Waals surface area contributed by atoms with Crippen LogP contribution in [0.5, 0.6) is 0 Å². The number of sulfonamides is 1. The summed E-state index contributed by atoms with van der Waals surface area (Å²) in [4.78, 5) is 4.18. The van der Waals surface area contributed by atoms with Gasteiger partial charge in [-0.05, 0) is 48.7 Å². The third kappa shape index (κ3) is 6.96. The predicted octanol–water partition coefficient (Wildman–Crippen LogP) is 1.55. The number of nitrogens with zero attached hydrogens (tertiary/aromatic N) is 3. The van der Waals surface area contributed by atoms with Crippen molar-refractivity contribution >= 4 is 21.5 Å². The number of unbranched alkanes of at least 4 members (excludes halogenated alkanes) is 2. The average molecular weight is 415 g/mol. The Labute approximate surface area is 161 Å². The lowest BCUT2D eigenvalue weighted by Crippen LogP contribution is -2.22. The van der Waals surface area contributed by atoms with E-state index in [-0.39, 0.29) is 29.7 Å². The van der Waals surface area contributed by atoms with E-state index < -0.39 is 10.0 Å². The highest BCUT2D eigenvalue weighted by Gasteiger charge is 2.17. The van der Waals surface area contributed by atoms with Gasteiger partial charge in [0.25, 0.3) is 0 Å². The van der Waals surface area contributed by atoms with Gasteiger partial charge in [-0.3, -0.25) is 10.7 Å². The van der Waals surface area contributed by atoms with Crippen LogP contribution in [0.1, 0.15) is 36.2 Å². The summed E-state index contributed by atoms with van der Waals surface area (Å²) >= 11 is 0. The van der Waals surface area contributed by atoms with Crippen LogP contribution in [0.25, 0.3) is 0 Å². The molecule has 12 heteroatoms. The van der Waals surface area contributed by atoms with Crippen molar-refractivity contribution in [2.75, 3.05) is 12.4 Å². The summed E-state index contributed by atoms with van der Waals surface area (Å²) in [5.74, 6) is -0.451. The number of ether oxygens (including phenoxy) is 1. The number of nitrogens with one attached hydrogen (secondary N) is 1. The van der Waals surface area contributed by atoms with E-state index in [1.807, 2.05) is 5.48 Å². The Balaban J connectivity index is 1.92. The SMILES string of the molecule is Cc1cc(N=C(NO)c2nonc2COCCCCCS(N)(=O)=O)ccc1F. The van der Waals surface area contributed by atoms with Crippen molar-refractivity contribution in [1.82, 2.24) is 15.8 Å². The summed E-state index contributed by atoms with van der Waals surface area (Å²) in [5.41, 5.74) is 3.20. The molecule has 0 aliphatic rings. The summed E-state index contributed by atoms with van der Waals surface area (Å²) in [6.45, 7) is 2.02. The van der Waals surface area contributed by atoms with Crippen LogP contribution in [0, 0.1) is 12.7 Å². The molecule has 1 aromatic heterocycles. The lowest BCUT2D eigenvalue weighted by atomic mass is 10.2. The molecular weight excluding hydrogens is 393 g/mol. The van der Waals surface area contributed by atoms with Crippen LogP contribution in [0.4, 0.5) is 10.1 Å². The van der Waals surface area contributed by atoms with Crippen molar-refractivity contribution in [3.63, 3.8) is 0 Å². The Kier molecular flexibility index (Phi) is 7.99. The topological polar surface area (TPSA) is 153 Å². The van der Waals surface area contributed by atoms with Crippen LogP contribution < -0.4 is 10.6 Å². The van der Waals surface area contributed by atoms with Crippen molar-refractivity contribution < 1.29 is 27.4 Å². The monoisotopic (exact) mass is 415 g/mol. The second-order valence-corrected chi connectivity index (χ2v) is 7.78. The second kappa shape index (κ2) is 10.2. The van der Waals surface area contributed by atoms with Gasteiger partial charge in [0.05, 0.1) is 18.0 Å². The molecule has 0 spiro atoms. The summed E-state index contributed by atoms with van der Waals surface area (Å²) in [7, 11) is -3.44. The van der Waals surface area contributed by atoms with Crippen LogP contribution in [0.15, 0.2) is 27.8 Å². The van der Waals surface area contributed by atoms with Gasteiger partial charge in [0, 0.05) is 6.61 Å². The largest absolute Gasteiger partial charge is 0.375 e. The summed E-state index contributed by atoms with van der Waals surface area (Å²) in [5, 5.41) is 21.7. The standard InChI is InChI=1S/C16H22FN5O5S/c1-11-9-12(5-6-13(11)17)19-16(20-23)15-14(21-27-22-15)10-26-7-3-2-4-8-28(18,24)25/h5-6,9,23H,2-4,7-8,10H2,1H3,(H,19,20)(H2,18,24,25). The van der Waals surface area contributed by atoms with Crippen LogP contribution >= 0.6 is 0 Å². The molecule has 2 aromatic rings. The van der Waals surface area contributed by atoms with E-state index in [1.165, 1.54) is 18.2 Å². The van der Waals surface area contributed by atoms with Crippen molar-refractivity contribution in [3.8, 4) is 0 Å². The molecule has 0 saturated carbocycles. The first kappa shape index (κ1) is 21.9. The number of nitrogens with two attached hydrogens (primary N) is 1. The van der Waals surface area contributed by atoms with Crippen molar-refractivity contribution in [2.24, 2.45) is 10.1 Å². The van der Waals surface area contributed by atoms with E-state index in [9.17, 15) is 18.0 Å². The van der Waals surface area contributed by atoms with E-state index in [1.54, 1.807) is 6.92 Å². The Morgan fingerprint density at radius 3 is 2.82 bits per heavy atom. The molecule has 154 valence electrons. The van der Waals surface area contributed by atoms with Gasteiger partial charge < -0.3 is 4.74 Å².